The van der Waals surface area contributed by atoms with E-state index in [4.69, 9.17) is 14.2 Å². The highest BCUT2D eigenvalue weighted by molar-refractivity contribution is 5.74. The van der Waals surface area contributed by atoms with Crippen LogP contribution in [0.4, 0.5) is 4.79 Å². The average molecular weight is 397 g/mol. The minimum absolute atomic E-state index is 0.00984. The van der Waals surface area contributed by atoms with Crippen molar-refractivity contribution < 1.29 is 19.0 Å². The molecule has 2 aromatic rings. The predicted molar refractivity (Wildman–Crippen MR) is 110 cm³/mol. The molecule has 0 radical (unpaired) electrons. The third-order valence-corrected chi connectivity index (χ3v) is 5.33. The molecule has 7 heteroatoms. The molecule has 0 atom stereocenters. The maximum atomic E-state index is 12.4. The van der Waals surface area contributed by atoms with E-state index >= 15 is 0 Å². The summed E-state index contributed by atoms with van der Waals surface area (Å²) in [6.45, 7) is 4.94. The Morgan fingerprint density at radius 1 is 1.03 bits per heavy atom. The quantitative estimate of drug-likeness (QED) is 0.812. The van der Waals surface area contributed by atoms with Crippen LogP contribution in [0.2, 0.25) is 0 Å². The van der Waals surface area contributed by atoms with E-state index in [-0.39, 0.29) is 6.03 Å². The van der Waals surface area contributed by atoms with Gasteiger partial charge in [0.15, 0.2) is 11.5 Å². The van der Waals surface area contributed by atoms with E-state index in [9.17, 15) is 4.79 Å². The number of hydrogen-bond acceptors (Lipinski definition) is 5. The molecule has 2 amide bonds. The van der Waals surface area contributed by atoms with Crippen molar-refractivity contribution >= 4 is 6.03 Å². The molecule has 4 rings (SSSR count). The maximum absolute atomic E-state index is 12.4. The van der Waals surface area contributed by atoms with E-state index in [1.54, 1.807) is 7.11 Å². The van der Waals surface area contributed by atoms with Gasteiger partial charge in [-0.2, -0.15) is 0 Å². The number of methoxy groups -OCH3 is 1. The number of benzene rings is 2. The average Bonchev–Trinajstić information content (AvgIpc) is 3.22. The lowest BCUT2D eigenvalue weighted by Crippen LogP contribution is -2.51. The van der Waals surface area contributed by atoms with Crippen molar-refractivity contribution in [1.29, 1.82) is 0 Å². The largest absolute Gasteiger partial charge is 0.497 e. The second-order valence-electron chi connectivity index (χ2n) is 7.28. The number of ether oxygens (including phenoxy) is 3. The smallest absolute Gasteiger partial charge is 0.317 e. The van der Waals surface area contributed by atoms with Crippen molar-refractivity contribution in [3.05, 3.63) is 53.6 Å². The topological polar surface area (TPSA) is 63.3 Å². The zero-order chi connectivity index (χ0) is 20.1. The number of piperazine rings is 1. The number of nitrogens with zero attached hydrogens (tertiary/aromatic N) is 2. The molecule has 1 N–H and O–H groups in total. The molecule has 2 aliphatic rings. The second-order valence-corrected chi connectivity index (χ2v) is 7.28. The third kappa shape index (κ3) is 4.92. The lowest BCUT2D eigenvalue weighted by molar-refractivity contribution is 0.135. The molecule has 0 spiro atoms. The van der Waals surface area contributed by atoms with E-state index in [2.05, 4.69) is 16.3 Å². The zero-order valence-corrected chi connectivity index (χ0v) is 16.7. The molecule has 0 bridgehead atoms. The SMILES string of the molecule is COc1cccc(CCNC(=O)N2CCN(Cc3ccc4c(c3)OCO4)CC2)c1. The summed E-state index contributed by atoms with van der Waals surface area (Å²) < 4.78 is 16.1. The summed E-state index contributed by atoms with van der Waals surface area (Å²) in [5.41, 5.74) is 2.35. The van der Waals surface area contributed by atoms with Crippen molar-refractivity contribution in [2.45, 2.75) is 13.0 Å². The van der Waals surface area contributed by atoms with E-state index in [1.165, 1.54) is 5.56 Å². The Balaban J connectivity index is 1.19. The van der Waals surface area contributed by atoms with Crippen LogP contribution in [0.1, 0.15) is 11.1 Å². The summed E-state index contributed by atoms with van der Waals surface area (Å²) in [5, 5.41) is 3.03. The molecule has 0 aliphatic carbocycles. The monoisotopic (exact) mass is 397 g/mol. The fourth-order valence-electron chi connectivity index (χ4n) is 3.66. The summed E-state index contributed by atoms with van der Waals surface area (Å²) >= 11 is 0. The first-order valence-corrected chi connectivity index (χ1v) is 9.98. The standard InChI is InChI=1S/C22H27N3O4/c1-27-19-4-2-3-17(13-19)7-8-23-22(26)25-11-9-24(10-12-25)15-18-5-6-20-21(14-18)29-16-28-20/h2-6,13-14H,7-12,15-16H2,1H3,(H,23,26). The van der Waals surface area contributed by atoms with E-state index in [1.807, 2.05) is 41.3 Å². The number of carbonyl (C=O) groups is 1. The number of fused-ring (bicyclic) bond motifs is 1. The van der Waals surface area contributed by atoms with Gasteiger partial charge in [-0.15, -0.1) is 0 Å². The predicted octanol–water partition coefficient (Wildman–Crippen LogP) is 2.49. The van der Waals surface area contributed by atoms with E-state index in [0.717, 1.165) is 62.0 Å². The van der Waals surface area contributed by atoms with Gasteiger partial charge in [-0.05, 0) is 41.8 Å². The Kier molecular flexibility index (Phi) is 6.05. The van der Waals surface area contributed by atoms with Crippen LogP contribution in [0.3, 0.4) is 0 Å². The Hall–Kier alpha value is -2.93. The van der Waals surface area contributed by atoms with Crippen LogP contribution in [0.25, 0.3) is 0 Å². The maximum Gasteiger partial charge on any atom is 0.317 e. The summed E-state index contributed by atoms with van der Waals surface area (Å²) in [7, 11) is 1.66. The highest BCUT2D eigenvalue weighted by atomic mass is 16.7. The molecule has 7 nitrogen and oxygen atoms in total. The van der Waals surface area contributed by atoms with Crippen LogP contribution >= 0.6 is 0 Å². The molecule has 1 fully saturated rings. The van der Waals surface area contributed by atoms with Crippen molar-refractivity contribution in [2.24, 2.45) is 0 Å². The van der Waals surface area contributed by atoms with Gasteiger partial charge in [0.05, 0.1) is 7.11 Å². The molecular weight excluding hydrogens is 370 g/mol. The van der Waals surface area contributed by atoms with Gasteiger partial charge >= 0.3 is 6.03 Å². The molecular formula is C22H27N3O4. The van der Waals surface area contributed by atoms with Crippen LogP contribution in [-0.4, -0.2) is 62.5 Å². The highest BCUT2D eigenvalue weighted by Gasteiger charge is 2.21. The number of rotatable bonds is 6. The van der Waals surface area contributed by atoms with Crippen molar-refractivity contribution in [2.75, 3.05) is 46.6 Å². The van der Waals surface area contributed by atoms with Crippen LogP contribution in [-0.2, 0) is 13.0 Å². The highest BCUT2D eigenvalue weighted by Crippen LogP contribution is 2.32. The zero-order valence-electron chi connectivity index (χ0n) is 16.7. The van der Waals surface area contributed by atoms with Gasteiger partial charge in [0, 0.05) is 39.3 Å². The first kappa shape index (κ1) is 19.4. The molecule has 2 aromatic carbocycles. The number of hydrogen-bond donors (Lipinski definition) is 1. The normalized spacial score (nSPS) is 16.0. The Bertz CT molecular complexity index is 850. The fraction of sp³-hybridized carbons (Fsp3) is 0.409. The van der Waals surface area contributed by atoms with Crippen LogP contribution < -0.4 is 19.5 Å². The van der Waals surface area contributed by atoms with Crippen LogP contribution in [0.5, 0.6) is 17.2 Å². The summed E-state index contributed by atoms with van der Waals surface area (Å²) in [6, 6.07) is 14.0. The second kappa shape index (κ2) is 9.05. The van der Waals surface area contributed by atoms with Crippen LogP contribution in [0.15, 0.2) is 42.5 Å². The van der Waals surface area contributed by atoms with Gasteiger partial charge in [-0.3, -0.25) is 4.90 Å². The van der Waals surface area contributed by atoms with Crippen molar-refractivity contribution in [1.82, 2.24) is 15.1 Å². The molecule has 0 aromatic heterocycles. The first-order chi connectivity index (χ1) is 14.2. The van der Waals surface area contributed by atoms with E-state index in [0.29, 0.717) is 13.3 Å². The van der Waals surface area contributed by atoms with Gasteiger partial charge < -0.3 is 24.4 Å². The summed E-state index contributed by atoms with van der Waals surface area (Å²) in [4.78, 5) is 16.7. The lowest BCUT2D eigenvalue weighted by Gasteiger charge is -2.34. The Morgan fingerprint density at radius 2 is 1.86 bits per heavy atom. The molecule has 0 unspecified atom stereocenters. The number of urea groups is 1. The van der Waals surface area contributed by atoms with Gasteiger partial charge in [0.2, 0.25) is 6.79 Å². The number of carbonyl (C=O) groups excluding carboxylic acids is 1. The molecule has 2 aliphatic heterocycles. The Labute approximate surface area is 171 Å². The third-order valence-electron chi connectivity index (χ3n) is 5.33. The van der Waals surface area contributed by atoms with Gasteiger partial charge in [0.1, 0.15) is 5.75 Å². The lowest BCUT2D eigenvalue weighted by atomic mass is 10.1. The summed E-state index contributed by atoms with van der Waals surface area (Å²) in [5.74, 6) is 2.47. The minimum atomic E-state index is 0.00984. The van der Waals surface area contributed by atoms with Crippen LogP contribution in [0, 0.1) is 0 Å². The molecule has 29 heavy (non-hydrogen) atoms. The Morgan fingerprint density at radius 3 is 2.69 bits per heavy atom. The molecule has 2 heterocycles. The number of amides is 2. The van der Waals surface area contributed by atoms with Gasteiger partial charge in [-0.25, -0.2) is 4.79 Å². The van der Waals surface area contributed by atoms with Gasteiger partial charge in [-0.1, -0.05) is 18.2 Å². The van der Waals surface area contributed by atoms with Crippen molar-refractivity contribution in [3.63, 3.8) is 0 Å². The minimum Gasteiger partial charge on any atom is -0.497 e. The summed E-state index contributed by atoms with van der Waals surface area (Å²) in [6.07, 6.45) is 0.785. The van der Waals surface area contributed by atoms with Gasteiger partial charge in [0.25, 0.3) is 0 Å². The van der Waals surface area contributed by atoms with E-state index < -0.39 is 0 Å². The first-order valence-electron chi connectivity index (χ1n) is 9.98. The fourth-order valence-corrected chi connectivity index (χ4v) is 3.66. The number of nitrogens with one attached hydrogen (secondary N) is 1. The molecule has 0 saturated carbocycles. The van der Waals surface area contributed by atoms with Crippen molar-refractivity contribution in [3.8, 4) is 17.2 Å². The molecule has 154 valence electrons. The molecule has 1 saturated heterocycles.